The van der Waals surface area contributed by atoms with Gasteiger partial charge in [-0.2, -0.15) is 0 Å². The number of hydrogen-bond acceptors (Lipinski definition) is 12. The van der Waals surface area contributed by atoms with Gasteiger partial charge in [0.1, 0.15) is 9.99 Å². The molecule has 1 fully saturated rings. The summed E-state index contributed by atoms with van der Waals surface area (Å²) in [4.78, 5) is 88.1. The van der Waals surface area contributed by atoms with Gasteiger partial charge in [-0.3, -0.25) is 24.2 Å². The molecule has 0 bridgehead atoms. The number of nitrogens with one attached hydrogen (secondary N) is 1. The number of halogens is 1. The third kappa shape index (κ3) is 8.09. The number of aliphatic imine (C=N–C) groups is 1. The molecule has 15 nitrogen and oxygen atoms in total. The predicted octanol–water partition coefficient (Wildman–Crippen LogP) is 1.24. The molecule has 43 heavy (non-hydrogen) atoms. The van der Waals surface area contributed by atoms with E-state index in [1.807, 2.05) is 0 Å². The maximum absolute atomic E-state index is 13.4. The van der Waals surface area contributed by atoms with Crippen molar-refractivity contribution in [2.24, 2.45) is 4.99 Å². The smallest absolute Gasteiger partial charge is 0.347 e. The fourth-order valence-corrected chi connectivity index (χ4v) is 4.42. The molecule has 0 saturated carbocycles. The summed E-state index contributed by atoms with van der Waals surface area (Å²) in [7, 11) is 0. The van der Waals surface area contributed by atoms with Crippen LogP contribution in [0.5, 0.6) is 0 Å². The number of rotatable bonds is 9. The maximum Gasteiger partial charge on any atom is 0.347 e. The number of carbonyl (C=O) groups is 6. The van der Waals surface area contributed by atoms with Crippen molar-refractivity contribution in [1.29, 1.82) is 0 Å². The van der Waals surface area contributed by atoms with Crippen LogP contribution in [0.1, 0.15) is 41.5 Å². The number of ether oxygens (including phenoxy) is 4. The second kappa shape index (κ2) is 14.1. The van der Waals surface area contributed by atoms with Crippen molar-refractivity contribution in [2.75, 3.05) is 13.1 Å². The number of hydrogen-bond donors (Lipinski definition) is 0. The van der Waals surface area contributed by atoms with Crippen LogP contribution in [-0.2, 0) is 47.7 Å². The van der Waals surface area contributed by atoms with Crippen molar-refractivity contribution >= 4 is 74.3 Å². The molecular weight excluding hydrogens is 634 g/mol. The van der Waals surface area contributed by atoms with Gasteiger partial charge in [0.2, 0.25) is 17.4 Å². The predicted molar refractivity (Wildman–Crippen MR) is 150 cm³/mol. The molecule has 2 aromatic rings. The van der Waals surface area contributed by atoms with Crippen LogP contribution >= 0.6 is 15.9 Å². The summed E-state index contributed by atoms with van der Waals surface area (Å²) in [6, 6.07) is 3.40. The van der Waals surface area contributed by atoms with Crippen LogP contribution in [0, 0.1) is 0 Å². The van der Waals surface area contributed by atoms with E-state index in [1.165, 1.54) is 44.4 Å². The number of H-pyrrole nitrogens is 1. The number of aromatic nitrogens is 2. The van der Waals surface area contributed by atoms with Crippen molar-refractivity contribution in [2.45, 2.75) is 66.0 Å². The van der Waals surface area contributed by atoms with E-state index < -0.39 is 54.2 Å². The Morgan fingerprint density at radius 2 is 1.37 bits per heavy atom. The molecule has 1 saturated heterocycles. The number of esters is 4. The average Bonchev–Trinajstić information content (AvgIpc) is 3.37. The van der Waals surface area contributed by atoms with E-state index in [-0.39, 0.29) is 25.0 Å². The Labute approximate surface area is 254 Å². The fourth-order valence-electron chi connectivity index (χ4n) is 3.88. The molecule has 16 heteroatoms. The Morgan fingerprint density at radius 3 is 1.93 bits per heavy atom. The lowest BCUT2D eigenvalue weighted by Gasteiger charge is -2.24. The number of guanidine groups is 1. The molecule has 4 unspecified atom stereocenters. The lowest BCUT2D eigenvalue weighted by molar-refractivity contribution is -0.345. The molecule has 0 aliphatic carbocycles. The summed E-state index contributed by atoms with van der Waals surface area (Å²) < 4.78 is 20.4. The number of benzene rings is 1. The first kappa shape index (κ1) is 33.0. The largest absolute Gasteiger partial charge is 0.451 e. The standard InChI is InChI=1S/C27H30BrN5O10/c1-13(41-25(38)15(3)43-26(39)16(4)42-24(37)14(2)40-18(6)35)23(36)33-12-11-32(17(5)34)27(33)31-19-7-8-20-22(21(19)28)30-10-9-29-20/h7-10,13-16H,11-12H2,1-6H3/p+1. The lowest BCUT2D eigenvalue weighted by Crippen LogP contribution is -2.45. The summed E-state index contributed by atoms with van der Waals surface area (Å²) in [6.45, 7) is 7.74. The second-order valence-corrected chi connectivity index (χ2v) is 10.2. The molecular formula is C27H31BrN5O10+. The zero-order valence-corrected chi connectivity index (χ0v) is 25.9. The Balaban J connectivity index is 1.68. The Hall–Kier alpha value is -4.47. The minimum absolute atomic E-state index is 0.0439. The Bertz CT molecular complexity index is 1480. The number of nitrogens with zero attached hydrogens (tertiary/aromatic N) is 4. The first-order chi connectivity index (χ1) is 20.2. The molecule has 2 amide bonds. The highest BCUT2D eigenvalue weighted by atomic mass is 79.9. The van der Waals surface area contributed by atoms with Crippen molar-refractivity contribution in [1.82, 2.24) is 14.8 Å². The second-order valence-electron chi connectivity index (χ2n) is 9.44. The summed E-state index contributed by atoms with van der Waals surface area (Å²) in [5, 5.41) is 0. The van der Waals surface area contributed by atoms with Crippen LogP contribution in [0.4, 0.5) is 5.69 Å². The molecule has 1 N–H and O–H groups in total. The summed E-state index contributed by atoms with van der Waals surface area (Å²) in [6.07, 6.45) is -2.24. The van der Waals surface area contributed by atoms with E-state index in [4.69, 9.17) is 18.9 Å². The quantitative estimate of drug-likeness (QED) is 0.277. The van der Waals surface area contributed by atoms with Gasteiger partial charge in [0.25, 0.3) is 5.91 Å². The van der Waals surface area contributed by atoms with Crippen molar-refractivity contribution in [3.8, 4) is 0 Å². The Kier molecular flexibility index (Phi) is 10.9. The Morgan fingerprint density at radius 1 is 0.837 bits per heavy atom. The third-order valence-corrected chi connectivity index (χ3v) is 6.88. The first-order valence-corrected chi connectivity index (χ1v) is 13.9. The maximum atomic E-state index is 13.4. The van der Waals surface area contributed by atoms with E-state index in [2.05, 4.69) is 30.9 Å². The van der Waals surface area contributed by atoms with Crippen LogP contribution < -0.4 is 4.98 Å². The number of carbonyl (C=O) groups excluding carboxylic acids is 6. The summed E-state index contributed by atoms with van der Waals surface area (Å²) >= 11 is 3.50. The van der Waals surface area contributed by atoms with E-state index >= 15 is 0 Å². The van der Waals surface area contributed by atoms with Crippen molar-refractivity contribution in [3.05, 3.63) is 29.0 Å². The molecule has 1 aliphatic heterocycles. The van der Waals surface area contributed by atoms with Gasteiger partial charge in [-0.1, -0.05) is 0 Å². The minimum atomic E-state index is -1.46. The van der Waals surface area contributed by atoms with Gasteiger partial charge in [0.15, 0.2) is 30.6 Å². The zero-order valence-electron chi connectivity index (χ0n) is 24.3. The molecule has 1 aliphatic rings. The van der Waals surface area contributed by atoms with Crippen molar-refractivity contribution in [3.63, 3.8) is 0 Å². The fraction of sp³-hybridized carbons (Fsp3) is 0.444. The van der Waals surface area contributed by atoms with E-state index in [9.17, 15) is 28.8 Å². The molecule has 2 heterocycles. The highest BCUT2D eigenvalue weighted by Gasteiger charge is 2.38. The molecule has 4 atom stereocenters. The highest BCUT2D eigenvalue weighted by molar-refractivity contribution is 9.10. The molecule has 0 spiro atoms. The van der Waals surface area contributed by atoms with Crippen molar-refractivity contribution < 1.29 is 52.7 Å². The highest BCUT2D eigenvalue weighted by Crippen LogP contribution is 2.31. The monoisotopic (exact) mass is 664 g/mol. The molecule has 3 rings (SSSR count). The number of fused-ring (bicyclic) bond motifs is 1. The van der Waals surface area contributed by atoms with Gasteiger partial charge in [-0.25, -0.2) is 29.3 Å². The molecule has 1 aromatic heterocycles. The van der Waals surface area contributed by atoms with Gasteiger partial charge in [-0.05, 0) is 55.8 Å². The number of amides is 2. The first-order valence-electron chi connectivity index (χ1n) is 13.1. The van der Waals surface area contributed by atoms with Crippen LogP contribution in [0.3, 0.4) is 0 Å². The normalized spacial score (nSPS) is 16.7. The average molecular weight is 665 g/mol. The van der Waals surface area contributed by atoms with E-state index in [1.54, 1.807) is 24.5 Å². The SMILES string of the molecule is CC(=O)OC(C)C(=O)OC(C)C(=O)OC(C)C(=O)OC(C)C(=O)N1CCN(C(C)=O)C1=Nc1ccc2ncc[nH+]c2c1Br. The third-order valence-electron chi connectivity index (χ3n) is 6.08. The van der Waals surface area contributed by atoms with Crippen LogP contribution in [-0.4, -0.2) is 93.9 Å². The van der Waals surface area contributed by atoms with Gasteiger partial charge in [-0.15, -0.1) is 0 Å². The van der Waals surface area contributed by atoms with Gasteiger partial charge in [0, 0.05) is 26.9 Å². The summed E-state index contributed by atoms with van der Waals surface area (Å²) in [5.41, 5.74) is 1.74. The summed E-state index contributed by atoms with van der Waals surface area (Å²) in [5.74, 6) is -4.76. The molecule has 0 radical (unpaired) electrons. The van der Waals surface area contributed by atoms with Crippen LogP contribution in [0.2, 0.25) is 0 Å². The lowest BCUT2D eigenvalue weighted by atomic mass is 10.2. The van der Waals surface area contributed by atoms with E-state index in [0.717, 1.165) is 6.92 Å². The zero-order chi connectivity index (χ0) is 32.0. The molecule has 1 aromatic carbocycles. The van der Waals surface area contributed by atoms with Gasteiger partial charge < -0.3 is 18.9 Å². The molecule has 230 valence electrons. The van der Waals surface area contributed by atoms with Crippen LogP contribution in [0.15, 0.2) is 34.0 Å². The van der Waals surface area contributed by atoms with E-state index in [0.29, 0.717) is 21.2 Å². The van der Waals surface area contributed by atoms with Crippen LogP contribution in [0.25, 0.3) is 11.0 Å². The topological polar surface area (TPSA) is 185 Å². The minimum Gasteiger partial charge on any atom is -0.451 e. The van der Waals surface area contributed by atoms with Gasteiger partial charge >= 0.3 is 23.9 Å². The number of aromatic amines is 1. The van der Waals surface area contributed by atoms with Gasteiger partial charge in [0.05, 0.1) is 11.9 Å².